The summed E-state index contributed by atoms with van der Waals surface area (Å²) in [6.45, 7) is 4.20. The van der Waals surface area contributed by atoms with Gasteiger partial charge in [-0.15, -0.1) is 0 Å². The fraction of sp³-hybridized carbons (Fsp3) is 0.353. The molecular weight excluding hydrogens is 419 g/mol. The first-order chi connectivity index (χ1) is 13.3. The van der Waals surface area contributed by atoms with E-state index in [0.717, 1.165) is 24.5 Å². The van der Waals surface area contributed by atoms with Crippen molar-refractivity contribution in [1.29, 1.82) is 0 Å². The normalized spacial score (nSPS) is 11.5. The predicted octanol–water partition coefficient (Wildman–Crippen LogP) is 5.03. The number of benzene rings is 1. The molecule has 1 aromatic heterocycles. The number of alkyl halides is 3. The maximum absolute atomic E-state index is 13.0. The first-order valence-corrected chi connectivity index (χ1v) is 9.46. The van der Waals surface area contributed by atoms with Gasteiger partial charge in [0.2, 0.25) is 30.5 Å². The summed E-state index contributed by atoms with van der Waals surface area (Å²) in [5, 5.41) is 0. The minimum Gasteiger partial charge on any atom is -0.400 e. The zero-order valence-corrected chi connectivity index (χ0v) is 16.9. The van der Waals surface area contributed by atoms with Gasteiger partial charge in [-0.3, -0.25) is 17.7 Å². The molecule has 1 heterocycles. The van der Waals surface area contributed by atoms with Gasteiger partial charge in [0.15, 0.2) is 0 Å². The minimum absolute atomic E-state index is 0.136. The smallest absolute Gasteiger partial charge is 0.400 e. The molecule has 0 radical (unpaired) electrons. The lowest BCUT2D eigenvalue weighted by Crippen LogP contribution is -2.19. The second kappa shape index (κ2) is 10.1. The van der Waals surface area contributed by atoms with Crippen molar-refractivity contribution in [1.82, 2.24) is 4.57 Å². The molecule has 2 rings (SSSR count). The maximum Gasteiger partial charge on any atom is 0.416 e. The molecule has 0 aliphatic heterocycles. The van der Waals surface area contributed by atoms with Crippen molar-refractivity contribution in [3.63, 3.8) is 0 Å². The van der Waals surface area contributed by atoms with E-state index in [1.54, 1.807) is 13.8 Å². The van der Waals surface area contributed by atoms with E-state index in [0.29, 0.717) is 25.5 Å². The van der Waals surface area contributed by atoms with Crippen molar-refractivity contribution in [3.8, 4) is 22.8 Å². The molecule has 0 atom stereocenters. The van der Waals surface area contributed by atoms with E-state index in [1.807, 2.05) is 0 Å². The van der Waals surface area contributed by atoms with Crippen molar-refractivity contribution in [3.05, 3.63) is 46.2 Å². The summed E-state index contributed by atoms with van der Waals surface area (Å²) in [7, 11) is 1.48. The Labute approximate surface area is 168 Å². The van der Waals surface area contributed by atoms with Crippen LogP contribution in [0.5, 0.6) is 11.6 Å². The number of aromatic nitrogens is 1. The van der Waals surface area contributed by atoms with Crippen LogP contribution in [-0.2, 0) is 21.6 Å². The van der Waals surface area contributed by atoms with Gasteiger partial charge < -0.3 is 8.37 Å². The Morgan fingerprint density at radius 2 is 1.57 bits per heavy atom. The summed E-state index contributed by atoms with van der Waals surface area (Å²) in [6, 6.07) is 5.88. The number of hydrogen-bond donors (Lipinski definition) is 0. The second-order valence-electron chi connectivity index (χ2n) is 5.27. The Kier molecular flexibility index (Phi) is 8.10. The van der Waals surface area contributed by atoms with Crippen molar-refractivity contribution >= 4 is 24.6 Å². The average molecular weight is 437 g/mol. The lowest BCUT2D eigenvalue weighted by Gasteiger charge is -2.14. The highest BCUT2D eigenvalue weighted by molar-refractivity contribution is 7.90. The molecule has 6 nitrogen and oxygen atoms in total. The Morgan fingerprint density at radius 3 is 2.18 bits per heavy atom. The van der Waals surface area contributed by atoms with E-state index in [9.17, 15) is 18.0 Å². The number of nitrogens with zero attached hydrogens (tertiary/aromatic N) is 1. The Bertz CT molecular complexity index is 858. The van der Waals surface area contributed by atoms with Gasteiger partial charge in [-0.2, -0.15) is 13.2 Å². The molecule has 0 N–H and O–H groups in total. The Balaban J connectivity index is 2.45. The molecule has 0 saturated heterocycles. The van der Waals surface area contributed by atoms with Crippen LogP contribution in [0.25, 0.3) is 11.1 Å². The first-order valence-electron chi connectivity index (χ1n) is 8.13. The van der Waals surface area contributed by atoms with E-state index in [2.05, 4.69) is 0 Å². The highest BCUT2D eigenvalue weighted by Gasteiger charge is 2.32. The van der Waals surface area contributed by atoms with Crippen molar-refractivity contribution in [2.75, 3.05) is 13.2 Å². The monoisotopic (exact) mass is 437 g/mol. The van der Waals surface area contributed by atoms with Crippen LogP contribution in [0.3, 0.4) is 0 Å². The number of halogens is 3. The van der Waals surface area contributed by atoms with Gasteiger partial charge in [0, 0.05) is 18.7 Å². The summed E-state index contributed by atoms with van der Waals surface area (Å²) < 4.78 is 60.9. The van der Waals surface area contributed by atoms with E-state index >= 15 is 0 Å². The van der Waals surface area contributed by atoms with E-state index in [4.69, 9.17) is 16.7 Å². The number of pyridine rings is 1. The first kappa shape index (κ1) is 22.5. The Hall–Kier alpha value is -1.82. The molecule has 0 bridgehead atoms. The molecule has 0 spiro atoms. The summed E-state index contributed by atoms with van der Waals surface area (Å²) >= 11 is 1.26. The van der Waals surface area contributed by atoms with Gasteiger partial charge >= 0.3 is 6.18 Å². The molecular formula is C17H18F3NO5S2. The SMILES string of the molecule is CCOSOc1cc(C(F)(F)F)ccc1-c1ccc(OSOCC)n(C)c1=O. The van der Waals surface area contributed by atoms with E-state index in [1.165, 1.54) is 29.8 Å². The van der Waals surface area contributed by atoms with Crippen LogP contribution < -0.4 is 13.9 Å². The standard InChI is InChI=1S/C17H18F3NO5S2/c1-4-23-27-25-14-10-11(17(18,19)20)6-7-12(14)13-8-9-15(21(3)16(13)22)26-28-24-5-2/h6-10H,4-5H2,1-3H3. The van der Waals surface area contributed by atoms with Gasteiger partial charge in [-0.1, -0.05) is 0 Å². The Morgan fingerprint density at radius 1 is 0.964 bits per heavy atom. The molecule has 0 saturated carbocycles. The van der Waals surface area contributed by atoms with Crippen LogP contribution >= 0.6 is 24.6 Å². The molecule has 2 aromatic rings. The molecule has 0 unspecified atom stereocenters. The van der Waals surface area contributed by atoms with Gasteiger partial charge in [0.05, 0.1) is 24.3 Å². The number of hydrogen-bond acceptors (Lipinski definition) is 7. The average Bonchev–Trinajstić information content (AvgIpc) is 2.65. The third kappa shape index (κ3) is 5.60. The molecule has 28 heavy (non-hydrogen) atoms. The molecule has 11 heteroatoms. The van der Waals surface area contributed by atoms with Gasteiger partial charge in [-0.25, -0.2) is 0 Å². The van der Waals surface area contributed by atoms with Crippen LogP contribution in [0.15, 0.2) is 35.1 Å². The van der Waals surface area contributed by atoms with Crippen LogP contribution in [0, 0.1) is 0 Å². The summed E-state index contributed by atoms with van der Waals surface area (Å²) in [6.07, 6.45) is -4.55. The van der Waals surface area contributed by atoms with E-state index < -0.39 is 17.3 Å². The summed E-state index contributed by atoms with van der Waals surface area (Å²) in [5.74, 6) is 0.0907. The van der Waals surface area contributed by atoms with Crippen LogP contribution in [0.2, 0.25) is 0 Å². The van der Waals surface area contributed by atoms with Crippen molar-refractivity contribution < 1.29 is 29.9 Å². The predicted molar refractivity (Wildman–Crippen MR) is 102 cm³/mol. The summed E-state index contributed by atoms with van der Waals surface area (Å²) in [4.78, 5) is 12.7. The fourth-order valence-electron chi connectivity index (χ4n) is 2.11. The topological polar surface area (TPSA) is 58.9 Å². The van der Waals surface area contributed by atoms with Gasteiger partial charge in [0.25, 0.3) is 5.56 Å². The zero-order chi connectivity index (χ0) is 20.7. The van der Waals surface area contributed by atoms with Gasteiger partial charge in [-0.05, 0) is 38.1 Å². The van der Waals surface area contributed by atoms with Crippen molar-refractivity contribution in [2.24, 2.45) is 7.05 Å². The van der Waals surface area contributed by atoms with Crippen LogP contribution in [0.1, 0.15) is 19.4 Å². The maximum atomic E-state index is 13.0. The third-order valence-electron chi connectivity index (χ3n) is 3.43. The highest BCUT2D eigenvalue weighted by atomic mass is 32.2. The second-order valence-corrected chi connectivity index (χ2v) is 6.35. The number of rotatable bonds is 9. The third-order valence-corrected chi connectivity index (χ3v) is 4.58. The largest absolute Gasteiger partial charge is 0.416 e. The zero-order valence-electron chi connectivity index (χ0n) is 15.2. The molecule has 1 aromatic carbocycles. The minimum atomic E-state index is -4.55. The quantitative estimate of drug-likeness (QED) is 0.403. The van der Waals surface area contributed by atoms with Gasteiger partial charge in [0.1, 0.15) is 5.75 Å². The summed E-state index contributed by atoms with van der Waals surface area (Å²) in [5.41, 5.74) is -1.02. The van der Waals surface area contributed by atoms with Crippen LogP contribution in [-0.4, -0.2) is 17.8 Å². The highest BCUT2D eigenvalue weighted by Crippen LogP contribution is 2.38. The molecule has 0 aliphatic carbocycles. The molecule has 0 aliphatic rings. The molecule has 154 valence electrons. The fourth-order valence-corrected chi connectivity index (χ4v) is 2.85. The van der Waals surface area contributed by atoms with Crippen LogP contribution in [0.4, 0.5) is 13.2 Å². The lowest BCUT2D eigenvalue weighted by atomic mass is 10.0. The molecule has 0 amide bonds. The van der Waals surface area contributed by atoms with Crippen molar-refractivity contribution in [2.45, 2.75) is 20.0 Å². The molecule has 0 fully saturated rings. The van der Waals surface area contributed by atoms with E-state index in [-0.39, 0.29) is 22.8 Å². The lowest BCUT2D eigenvalue weighted by molar-refractivity contribution is -0.137.